The molecule has 0 spiro atoms. The summed E-state index contributed by atoms with van der Waals surface area (Å²) in [6, 6.07) is 0. The van der Waals surface area contributed by atoms with Gasteiger partial charge in [-0.15, -0.1) is 12.4 Å². The van der Waals surface area contributed by atoms with Gasteiger partial charge in [0.2, 0.25) is 0 Å². The molecule has 0 aromatic heterocycles. The second-order valence-corrected chi connectivity index (χ2v) is 4.08. The molecule has 0 radical (unpaired) electrons. The fourth-order valence-corrected chi connectivity index (χ4v) is 2.09. The first-order chi connectivity index (χ1) is 5.33. The molecule has 2 heteroatoms. The Bertz CT molecular complexity index is 100. The SMILES string of the molecule is CC(CN)CC1CCCCC1.Cl. The van der Waals surface area contributed by atoms with E-state index in [0.717, 1.165) is 18.4 Å². The third-order valence-electron chi connectivity index (χ3n) is 2.86. The first-order valence-electron chi connectivity index (χ1n) is 5.03. The molecule has 1 atom stereocenters. The smallest absolute Gasteiger partial charge is 0.00514 e. The molecule has 0 bridgehead atoms. The van der Waals surface area contributed by atoms with Gasteiger partial charge in [0, 0.05) is 0 Å². The van der Waals surface area contributed by atoms with Gasteiger partial charge >= 0.3 is 0 Å². The van der Waals surface area contributed by atoms with Gasteiger partial charge in [-0.25, -0.2) is 0 Å². The number of nitrogens with two attached hydrogens (primary N) is 1. The zero-order chi connectivity index (χ0) is 8.10. The predicted molar refractivity (Wildman–Crippen MR) is 56.7 cm³/mol. The highest BCUT2D eigenvalue weighted by molar-refractivity contribution is 5.85. The molecular formula is C10H22ClN. The van der Waals surface area contributed by atoms with Crippen LogP contribution in [0.4, 0.5) is 0 Å². The summed E-state index contributed by atoms with van der Waals surface area (Å²) in [5, 5.41) is 0. The lowest BCUT2D eigenvalue weighted by atomic mass is 9.83. The van der Waals surface area contributed by atoms with E-state index in [2.05, 4.69) is 6.92 Å². The largest absolute Gasteiger partial charge is 0.330 e. The van der Waals surface area contributed by atoms with Crippen LogP contribution in [0.2, 0.25) is 0 Å². The van der Waals surface area contributed by atoms with Crippen LogP contribution >= 0.6 is 12.4 Å². The lowest BCUT2D eigenvalue weighted by Crippen LogP contribution is -2.16. The maximum Gasteiger partial charge on any atom is -0.00514 e. The van der Waals surface area contributed by atoms with Gasteiger partial charge in [0.1, 0.15) is 0 Å². The summed E-state index contributed by atoms with van der Waals surface area (Å²) >= 11 is 0. The van der Waals surface area contributed by atoms with Crippen LogP contribution in [0.3, 0.4) is 0 Å². The molecule has 0 aromatic carbocycles. The van der Waals surface area contributed by atoms with Crippen LogP contribution in [-0.4, -0.2) is 6.54 Å². The summed E-state index contributed by atoms with van der Waals surface area (Å²) < 4.78 is 0. The van der Waals surface area contributed by atoms with E-state index in [1.54, 1.807) is 0 Å². The van der Waals surface area contributed by atoms with Gasteiger partial charge in [0.05, 0.1) is 0 Å². The first-order valence-corrected chi connectivity index (χ1v) is 5.03. The second-order valence-electron chi connectivity index (χ2n) is 4.08. The molecule has 1 unspecified atom stereocenters. The standard InChI is InChI=1S/C10H21N.ClH/c1-9(8-11)7-10-5-3-2-4-6-10;/h9-10H,2-8,11H2,1H3;1H. The van der Waals surface area contributed by atoms with Crippen molar-refractivity contribution in [2.24, 2.45) is 17.6 Å². The van der Waals surface area contributed by atoms with Crippen molar-refractivity contribution in [1.82, 2.24) is 0 Å². The first kappa shape index (κ1) is 12.2. The molecule has 2 N–H and O–H groups in total. The van der Waals surface area contributed by atoms with Crippen LogP contribution in [0.1, 0.15) is 45.4 Å². The molecule has 1 rings (SSSR count). The Kier molecular flexibility index (Phi) is 6.87. The summed E-state index contributed by atoms with van der Waals surface area (Å²) in [6.07, 6.45) is 8.68. The molecule has 0 aromatic rings. The molecular weight excluding hydrogens is 170 g/mol. The summed E-state index contributed by atoms with van der Waals surface area (Å²) in [5.74, 6) is 1.75. The molecule has 0 saturated heterocycles. The highest BCUT2D eigenvalue weighted by atomic mass is 35.5. The Hall–Kier alpha value is 0.250. The number of hydrogen-bond acceptors (Lipinski definition) is 1. The van der Waals surface area contributed by atoms with Crippen molar-refractivity contribution in [3.8, 4) is 0 Å². The Morgan fingerprint density at radius 2 is 1.83 bits per heavy atom. The Morgan fingerprint density at radius 1 is 1.25 bits per heavy atom. The lowest BCUT2D eigenvalue weighted by Gasteiger charge is -2.23. The van der Waals surface area contributed by atoms with Crippen molar-refractivity contribution in [2.75, 3.05) is 6.54 Å². The molecule has 0 amide bonds. The average molecular weight is 192 g/mol. The van der Waals surface area contributed by atoms with E-state index in [1.807, 2.05) is 0 Å². The van der Waals surface area contributed by atoms with E-state index in [-0.39, 0.29) is 12.4 Å². The quantitative estimate of drug-likeness (QED) is 0.730. The minimum atomic E-state index is 0. The molecule has 0 heterocycles. The third-order valence-corrected chi connectivity index (χ3v) is 2.86. The zero-order valence-electron chi connectivity index (χ0n) is 8.09. The van der Waals surface area contributed by atoms with Crippen molar-refractivity contribution < 1.29 is 0 Å². The topological polar surface area (TPSA) is 26.0 Å². The van der Waals surface area contributed by atoms with Crippen molar-refractivity contribution in [1.29, 1.82) is 0 Å². The van der Waals surface area contributed by atoms with E-state index in [9.17, 15) is 0 Å². The zero-order valence-corrected chi connectivity index (χ0v) is 8.91. The van der Waals surface area contributed by atoms with E-state index in [4.69, 9.17) is 5.73 Å². The normalized spacial score (nSPS) is 21.5. The van der Waals surface area contributed by atoms with Crippen LogP contribution in [0.25, 0.3) is 0 Å². The van der Waals surface area contributed by atoms with Gasteiger partial charge < -0.3 is 5.73 Å². The van der Waals surface area contributed by atoms with Crippen LogP contribution in [0, 0.1) is 11.8 Å². The maximum atomic E-state index is 5.59. The molecule has 0 aliphatic heterocycles. The van der Waals surface area contributed by atoms with Crippen LogP contribution in [0.15, 0.2) is 0 Å². The van der Waals surface area contributed by atoms with Gasteiger partial charge in [-0.3, -0.25) is 0 Å². The van der Waals surface area contributed by atoms with Gasteiger partial charge in [0.25, 0.3) is 0 Å². The number of rotatable bonds is 3. The summed E-state index contributed by atoms with van der Waals surface area (Å²) in [5.41, 5.74) is 5.59. The Labute approximate surface area is 82.5 Å². The molecule has 1 aliphatic carbocycles. The van der Waals surface area contributed by atoms with Gasteiger partial charge in [-0.05, 0) is 24.8 Å². The highest BCUT2D eigenvalue weighted by Crippen LogP contribution is 2.28. The number of halogens is 1. The molecule has 1 nitrogen and oxygen atoms in total. The highest BCUT2D eigenvalue weighted by Gasteiger charge is 2.15. The molecule has 74 valence electrons. The Balaban J connectivity index is 0.00000121. The monoisotopic (exact) mass is 191 g/mol. The fraction of sp³-hybridized carbons (Fsp3) is 1.00. The van der Waals surface area contributed by atoms with Crippen molar-refractivity contribution in [2.45, 2.75) is 45.4 Å². The molecule has 1 fully saturated rings. The van der Waals surface area contributed by atoms with E-state index >= 15 is 0 Å². The van der Waals surface area contributed by atoms with Crippen molar-refractivity contribution >= 4 is 12.4 Å². The maximum absolute atomic E-state index is 5.59. The van der Waals surface area contributed by atoms with Gasteiger partial charge in [-0.2, -0.15) is 0 Å². The van der Waals surface area contributed by atoms with E-state index < -0.39 is 0 Å². The Morgan fingerprint density at radius 3 is 2.33 bits per heavy atom. The van der Waals surface area contributed by atoms with Gasteiger partial charge in [-0.1, -0.05) is 39.0 Å². The number of hydrogen-bond donors (Lipinski definition) is 1. The van der Waals surface area contributed by atoms with Gasteiger partial charge in [0.15, 0.2) is 0 Å². The van der Waals surface area contributed by atoms with Crippen LogP contribution in [-0.2, 0) is 0 Å². The minimum absolute atomic E-state index is 0. The predicted octanol–water partition coefficient (Wildman–Crippen LogP) is 2.97. The minimum Gasteiger partial charge on any atom is -0.330 e. The van der Waals surface area contributed by atoms with E-state index in [0.29, 0.717) is 0 Å². The molecule has 1 saturated carbocycles. The second kappa shape index (κ2) is 6.73. The van der Waals surface area contributed by atoms with Crippen LogP contribution in [0.5, 0.6) is 0 Å². The van der Waals surface area contributed by atoms with E-state index in [1.165, 1.54) is 38.5 Å². The fourth-order valence-electron chi connectivity index (χ4n) is 2.09. The molecule has 12 heavy (non-hydrogen) atoms. The van der Waals surface area contributed by atoms with Crippen molar-refractivity contribution in [3.63, 3.8) is 0 Å². The van der Waals surface area contributed by atoms with Crippen LogP contribution < -0.4 is 5.73 Å². The third kappa shape index (κ3) is 4.32. The molecule has 1 aliphatic rings. The summed E-state index contributed by atoms with van der Waals surface area (Å²) in [4.78, 5) is 0. The average Bonchev–Trinajstić information content (AvgIpc) is 2.06. The summed E-state index contributed by atoms with van der Waals surface area (Å²) in [7, 11) is 0. The van der Waals surface area contributed by atoms with Crippen molar-refractivity contribution in [3.05, 3.63) is 0 Å². The lowest BCUT2D eigenvalue weighted by molar-refractivity contribution is 0.299. The summed E-state index contributed by atoms with van der Waals surface area (Å²) in [6.45, 7) is 3.14.